The summed E-state index contributed by atoms with van der Waals surface area (Å²) in [5.41, 5.74) is 1.40. The van der Waals surface area contributed by atoms with E-state index in [1.165, 1.54) is 63.6 Å². The summed E-state index contributed by atoms with van der Waals surface area (Å²) in [5, 5.41) is 3.40. The van der Waals surface area contributed by atoms with Crippen molar-refractivity contribution in [1.82, 2.24) is 9.88 Å². The fraction of sp³-hybridized carbons (Fsp3) is 0.722. The lowest BCUT2D eigenvalue weighted by molar-refractivity contribution is 0.146. The van der Waals surface area contributed by atoms with E-state index < -0.39 is 0 Å². The Labute approximate surface area is 130 Å². The van der Waals surface area contributed by atoms with Gasteiger partial charge in [-0.1, -0.05) is 39.2 Å². The van der Waals surface area contributed by atoms with Crippen molar-refractivity contribution in [3.8, 4) is 0 Å². The normalized spacial score (nSPS) is 19.6. The van der Waals surface area contributed by atoms with E-state index in [-0.39, 0.29) is 0 Å². The van der Waals surface area contributed by atoms with Gasteiger partial charge in [-0.15, -0.1) is 0 Å². The van der Waals surface area contributed by atoms with E-state index in [1.54, 1.807) is 0 Å². The van der Waals surface area contributed by atoms with Crippen LogP contribution in [0.4, 0.5) is 5.82 Å². The molecule has 0 spiro atoms. The molecular weight excluding hydrogens is 258 g/mol. The van der Waals surface area contributed by atoms with Gasteiger partial charge >= 0.3 is 0 Å². The summed E-state index contributed by atoms with van der Waals surface area (Å²) >= 11 is 0. The Morgan fingerprint density at radius 2 is 2.05 bits per heavy atom. The van der Waals surface area contributed by atoms with E-state index in [4.69, 9.17) is 0 Å². The summed E-state index contributed by atoms with van der Waals surface area (Å²) in [4.78, 5) is 7.26. The molecule has 0 aliphatic carbocycles. The monoisotopic (exact) mass is 289 g/mol. The van der Waals surface area contributed by atoms with Gasteiger partial charge in [-0.3, -0.25) is 4.90 Å². The van der Waals surface area contributed by atoms with Crippen LogP contribution in [0.15, 0.2) is 18.3 Å². The minimum absolute atomic E-state index is 0.586. The summed E-state index contributed by atoms with van der Waals surface area (Å²) in [6.45, 7) is 8.00. The standard InChI is InChI=1S/C18H31N3/c1-3-5-12-19-18-11-10-16(15-20-18)17-9-7-8-14-21(17)13-6-4-2/h10-11,15,17H,3-9,12-14H2,1-2H3,(H,19,20)/t17-/m1/s1. The highest BCUT2D eigenvalue weighted by atomic mass is 15.2. The summed E-state index contributed by atoms with van der Waals surface area (Å²) in [6, 6.07) is 5.01. The minimum atomic E-state index is 0.586. The number of hydrogen-bond acceptors (Lipinski definition) is 3. The molecule has 2 rings (SSSR count). The van der Waals surface area contributed by atoms with Crippen LogP contribution in [-0.2, 0) is 0 Å². The molecule has 0 saturated carbocycles. The molecule has 0 bridgehead atoms. The van der Waals surface area contributed by atoms with Crippen molar-refractivity contribution in [2.75, 3.05) is 25.0 Å². The molecule has 1 N–H and O–H groups in total. The van der Waals surface area contributed by atoms with Gasteiger partial charge in [0.1, 0.15) is 5.82 Å². The van der Waals surface area contributed by atoms with Crippen LogP contribution in [0.25, 0.3) is 0 Å². The number of rotatable bonds is 8. The first kappa shape index (κ1) is 16.3. The third kappa shape index (κ3) is 4.99. The SMILES string of the molecule is CCCCNc1ccc([C@H]2CCCCN2CCCC)cn1. The number of anilines is 1. The number of likely N-dealkylation sites (tertiary alicyclic amines) is 1. The van der Waals surface area contributed by atoms with Gasteiger partial charge in [0, 0.05) is 18.8 Å². The van der Waals surface area contributed by atoms with Crippen LogP contribution < -0.4 is 5.32 Å². The highest BCUT2D eigenvalue weighted by Crippen LogP contribution is 2.31. The zero-order valence-electron chi connectivity index (χ0n) is 13.8. The Morgan fingerprint density at radius 3 is 2.76 bits per heavy atom. The van der Waals surface area contributed by atoms with Crippen molar-refractivity contribution in [3.05, 3.63) is 23.9 Å². The maximum atomic E-state index is 4.60. The summed E-state index contributed by atoms with van der Waals surface area (Å²) < 4.78 is 0. The maximum absolute atomic E-state index is 4.60. The fourth-order valence-corrected chi connectivity index (χ4v) is 3.10. The Hall–Kier alpha value is -1.09. The van der Waals surface area contributed by atoms with Gasteiger partial charge in [0.15, 0.2) is 0 Å². The average Bonchev–Trinajstić information content (AvgIpc) is 2.54. The summed E-state index contributed by atoms with van der Waals surface area (Å²) in [6.07, 6.45) is 11.1. The molecule has 1 fully saturated rings. The van der Waals surface area contributed by atoms with Crippen molar-refractivity contribution in [2.24, 2.45) is 0 Å². The second-order valence-electron chi connectivity index (χ2n) is 6.16. The molecule has 1 aliphatic heterocycles. The van der Waals surface area contributed by atoms with Gasteiger partial charge in [0.2, 0.25) is 0 Å². The Kier molecular flexibility index (Phi) is 7.01. The molecule has 1 saturated heterocycles. The Bertz CT molecular complexity index is 388. The molecule has 1 atom stereocenters. The van der Waals surface area contributed by atoms with Crippen LogP contribution in [0.2, 0.25) is 0 Å². The van der Waals surface area contributed by atoms with E-state index in [0.29, 0.717) is 6.04 Å². The van der Waals surface area contributed by atoms with Gasteiger partial charge < -0.3 is 5.32 Å². The highest BCUT2D eigenvalue weighted by Gasteiger charge is 2.23. The lowest BCUT2D eigenvalue weighted by atomic mass is 9.96. The van der Waals surface area contributed by atoms with E-state index in [1.807, 2.05) is 0 Å². The number of unbranched alkanes of at least 4 members (excludes halogenated alkanes) is 2. The zero-order valence-corrected chi connectivity index (χ0v) is 13.8. The number of pyridine rings is 1. The van der Waals surface area contributed by atoms with Gasteiger partial charge in [-0.25, -0.2) is 4.98 Å². The molecule has 21 heavy (non-hydrogen) atoms. The minimum Gasteiger partial charge on any atom is -0.370 e. The predicted molar refractivity (Wildman–Crippen MR) is 90.7 cm³/mol. The van der Waals surface area contributed by atoms with Crippen molar-refractivity contribution >= 4 is 5.82 Å². The predicted octanol–water partition coefficient (Wildman–Crippen LogP) is 4.62. The number of piperidine rings is 1. The number of nitrogens with one attached hydrogen (secondary N) is 1. The number of aromatic nitrogens is 1. The molecule has 1 aromatic rings. The fourth-order valence-electron chi connectivity index (χ4n) is 3.10. The Morgan fingerprint density at radius 1 is 1.19 bits per heavy atom. The molecule has 0 amide bonds. The first-order valence-corrected chi connectivity index (χ1v) is 8.79. The third-order valence-corrected chi connectivity index (χ3v) is 4.42. The molecule has 0 radical (unpaired) electrons. The molecule has 3 heteroatoms. The molecule has 2 heterocycles. The zero-order chi connectivity index (χ0) is 14.9. The lowest BCUT2D eigenvalue weighted by Crippen LogP contribution is -2.34. The van der Waals surface area contributed by atoms with E-state index in [2.05, 4.69) is 47.4 Å². The lowest BCUT2D eigenvalue weighted by Gasteiger charge is -2.36. The van der Waals surface area contributed by atoms with E-state index >= 15 is 0 Å². The second kappa shape index (κ2) is 9.04. The number of hydrogen-bond donors (Lipinski definition) is 1. The third-order valence-electron chi connectivity index (χ3n) is 4.42. The van der Waals surface area contributed by atoms with Gasteiger partial charge in [0.05, 0.1) is 0 Å². The molecular formula is C18H31N3. The first-order chi connectivity index (χ1) is 10.3. The maximum Gasteiger partial charge on any atom is 0.125 e. The summed E-state index contributed by atoms with van der Waals surface area (Å²) in [7, 11) is 0. The second-order valence-corrected chi connectivity index (χ2v) is 6.16. The van der Waals surface area contributed by atoms with E-state index in [9.17, 15) is 0 Å². The number of nitrogens with zero attached hydrogens (tertiary/aromatic N) is 2. The van der Waals surface area contributed by atoms with Crippen LogP contribution in [0.1, 0.15) is 70.4 Å². The smallest absolute Gasteiger partial charge is 0.125 e. The molecule has 1 aliphatic rings. The van der Waals surface area contributed by atoms with Crippen molar-refractivity contribution in [2.45, 2.75) is 64.8 Å². The van der Waals surface area contributed by atoms with Crippen LogP contribution in [0.3, 0.4) is 0 Å². The Balaban J connectivity index is 1.95. The molecule has 1 aromatic heterocycles. The molecule has 118 valence electrons. The molecule has 0 aromatic carbocycles. The van der Waals surface area contributed by atoms with Crippen molar-refractivity contribution in [3.63, 3.8) is 0 Å². The van der Waals surface area contributed by atoms with Crippen molar-refractivity contribution < 1.29 is 0 Å². The first-order valence-electron chi connectivity index (χ1n) is 8.79. The van der Waals surface area contributed by atoms with Crippen LogP contribution >= 0.6 is 0 Å². The largest absolute Gasteiger partial charge is 0.370 e. The van der Waals surface area contributed by atoms with Crippen LogP contribution in [0, 0.1) is 0 Å². The quantitative estimate of drug-likeness (QED) is 0.708. The molecule has 3 nitrogen and oxygen atoms in total. The van der Waals surface area contributed by atoms with Crippen molar-refractivity contribution in [1.29, 1.82) is 0 Å². The average molecular weight is 289 g/mol. The van der Waals surface area contributed by atoms with Crippen LogP contribution in [0.5, 0.6) is 0 Å². The molecule has 0 unspecified atom stereocenters. The van der Waals surface area contributed by atoms with Gasteiger partial charge in [0.25, 0.3) is 0 Å². The van der Waals surface area contributed by atoms with Gasteiger partial charge in [-0.05, 0) is 50.4 Å². The van der Waals surface area contributed by atoms with Gasteiger partial charge in [-0.2, -0.15) is 0 Å². The highest BCUT2D eigenvalue weighted by molar-refractivity contribution is 5.36. The van der Waals surface area contributed by atoms with E-state index in [0.717, 1.165) is 12.4 Å². The summed E-state index contributed by atoms with van der Waals surface area (Å²) in [5.74, 6) is 1.02. The topological polar surface area (TPSA) is 28.2 Å². The van der Waals surface area contributed by atoms with Crippen LogP contribution in [-0.4, -0.2) is 29.5 Å².